The second-order valence-electron chi connectivity index (χ2n) is 7.53. The molecular weight excluding hydrogens is 332 g/mol. The van der Waals surface area contributed by atoms with E-state index >= 15 is 0 Å². The molecule has 0 saturated heterocycles. The molecule has 3 rings (SSSR count). The lowest BCUT2D eigenvalue weighted by atomic mass is 10.0. The highest BCUT2D eigenvalue weighted by atomic mass is 16.4. The molecule has 2 heterocycles. The summed E-state index contributed by atoms with van der Waals surface area (Å²) in [6.45, 7) is 7.35. The molecule has 1 atom stereocenters. The molecule has 136 valence electrons. The average Bonchev–Trinajstić information content (AvgIpc) is 3.32. The number of carbonyl (C=O) groups is 1. The zero-order chi connectivity index (χ0) is 19.1. The molecule has 8 nitrogen and oxygen atoms in total. The molecule has 26 heavy (non-hydrogen) atoms. The van der Waals surface area contributed by atoms with Crippen LogP contribution in [0.15, 0.2) is 18.3 Å². The van der Waals surface area contributed by atoms with E-state index in [0.29, 0.717) is 23.1 Å². The van der Waals surface area contributed by atoms with Gasteiger partial charge >= 0.3 is 6.09 Å². The van der Waals surface area contributed by atoms with Crippen LogP contribution in [0.4, 0.5) is 4.79 Å². The standard InChI is InChI=1S/C18H22N6O2/c1-11(23(17(25)26)18(2,3)4)16-21-15(13-6-7-13)22-24(16)14-8-5-12(9-19)10-20-14/h5,8,10-11,13H,6-7H2,1-4H3,(H,25,26). The van der Waals surface area contributed by atoms with E-state index in [-0.39, 0.29) is 0 Å². The maximum atomic E-state index is 11.9. The van der Waals surface area contributed by atoms with Crippen LogP contribution in [0.25, 0.3) is 5.82 Å². The van der Waals surface area contributed by atoms with E-state index in [1.807, 2.05) is 26.8 Å². The van der Waals surface area contributed by atoms with Gasteiger partial charge in [-0.05, 0) is 52.7 Å². The van der Waals surface area contributed by atoms with E-state index in [0.717, 1.165) is 18.7 Å². The van der Waals surface area contributed by atoms with Gasteiger partial charge in [0.1, 0.15) is 6.07 Å². The molecule has 0 aromatic carbocycles. The zero-order valence-electron chi connectivity index (χ0n) is 15.3. The molecule has 2 aromatic heterocycles. The topological polar surface area (TPSA) is 108 Å². The number of hydrogen-bond acceptors (Lipinski definition) is 5. The first-order valence-corrected chi connectivity index (χ1v) is 8.58. The van der Waals surface area contributed by atoms with Crippen LogP contribution in [0.1, 0.15) is 69.7 Å². The molecule has 1 saturated carbocycles. The van der Waals surface area contributed by atoms with Crippen LogP contribution in [-0.2, 0) is 0 Å². The molecule has 8 heteroatoms. The minimum atomic E-state index is -1.01. The Balaban J connectivity index is 2.07. The second-order valence-corrected chi connectivity index (χ2v) is 7.53. The van der Waals surface area contributed by atoms with Crippen LogP contribution in [0.5, 0.6) is 0 Å². The van der Waals surface area contributed by atoms with Crippen molar-refractivity contribution in [1.82, 2.24) is 24.6 Å². The Bertz CT molecular complexity index is 855. The van der Waals surface area contributed by atoms with Gasteiger partial charge in [0.25, 0.3) is 0 Å². The fraction of sp³-hybridized carbons (Fsp3) is 0.500. The van der Waals surface area contributed by atoms with Crippen molar-refractivity contribution in [3.63, 3.8) is 0 Å². The van der Waals surface area contributed by atoms with E-state index in [9.17, 15) is 9.90 Å². The van der Waals surface area contributed by atoms with E-state index in [2.05, 4.69) is 15.1 Å². The normalized spacial score (nSPS) is 15.3. The van der Waals surface area contributed by atoms with Crippen molar-refractivity contribution in [2.24, 2.45) is 0 Å². The maximum absolute atomic E-state index is 11.9. The molecule has 0 aliphatic heterocycles. The summed E-state index contributed by atoms with van der Waals surface area (Å²) in [6.07, 6.45) is 2.54. The quantitative estimate of drug-likeness (QED) is 0.903. The number of rotatable bonds is 4. The summed E-state index contributed by atoms with van der Waals surface area (Å²) in [6, 6.07) is 4.88. The zero-order valence-corrected chi connectivity index (χ0v) is 15.3. The van der Waals surface area contributed by atoms with Crippen molar-refractivity contribution in [3.8, 4) is 11.9 Å². The molecule has 2 aromatic rings. The Hall–Kier alpha value is -2.95. The summed E-state index contributed by atoms with van der Waals surface area (Å²) in [5.41, 5.74) is -0.146. The van der Waals surface area contributed by atoms with Gasteiger partial charge in [-0.3, -0.25) is 4.90 Å². The Kier molecular flexibility index (Phi) is 4.40. The Morgan fingerprint density at radius 2 is 2.12 bits per heavy atom. The van der Waals surface area contributed by atoms with Gasteiger partial charge in [0.15, 0.2) is 17.5 Å². The molecule has 1 amide bonds. The van der Waals surface area contributed by atoms with Crippen molar-refractivity contribution in [2.45, 2.75) is 58.0 Å². The monoisotopic (exact) mass is 354 g/mol. The van der Waals surface area contributed by atoms with E-state index in [1.54, 1.807) is 23.7 Å². The van der Waals surface area contributed by atoms with Crippen molar-refractivity contribution in [2.75, 3.05) is 0 Å². The van der Waals surface area contributed by atoms with Gasteiger partial charge in [-0.15, -0.1) is 5.10 Å². The van der Waals surface area contributed by atoms with Crippen LogP contribution < -0.4 is 0 Å². The average molecular weight is 354 g/mol. The number of nitrogens with zero attached hydrogens (tertiary/aromatic N) is 6. The highest BCUT2D eigenvalue weighted by Crippen LogP contribution is 2.39. The number of nitriles is 1. The Morgan fingerprint density at radius 1 is 1.42 bits per heavy atom. The summed E-state index contributed by atoms with van der Waals surface area (Å²) in [5.74, 6) is 2.09. The van der Waals surface area contributed by atoms with Gasteiger partial charge in [-0.25, -0.2) is 14.8 Å². The van der Waals surface area contributed by atoms with Crippen molar-refractivity contribution < 1.29 is 9.90 Å². The molecule has 1 fully saturated rings. The predicted molar refractivity (Wildman–Crippen MR) is 93.9 cm³/mol. The van der Waals surface area contributed by atoms with Crippen LogP contribution in [0.2, 0.25) is 0 Å². The summed E-state index contributed by atoms with van der Waals surface area (Å²) in [4.78, 5) is 22.2. The number of hydrogen-bond donors (Lipinski definition) is 1. The SMILES string of the molecule is CC(c1nc(C2CC2)nn1-c1ccc(C#N)cn1)N(C(=O)O)C(C)(C)C. The molecule has 1 N–H and O–H groups in total. The Labute approximate surface area is 152 Å². The highest BCUT2D eigenvalue weighted by molar-refractivity contribution is 5.66. The fourth-order valence-electron chi connectivity index (χ4n) is 3.02. The first-order chi connectivity index (χ1) is 12.2. The summed E-state index contributed by atoms with van der Waals surface area (Å²) < 4.78 is 1.60. The minimum Gasteiger partial charge on any atom is -0.465 e. The lowest BCUT2D eigenvalue weighted by Gasteiger charge is -2.37. The molecular formula is C18H22N6O2. The number of carboxylic acid groups (broad SMARTS) is 1. The minimum absolute atomic E-state index is 0.327. The van der Waals surface area contributed by atoms with Gasteiger partial charge in [0.05, 0.1) is 11.6 Å². The molecule has 1 unspecified atom stereocenters. The summed E-state index contributed by atoms with van der Waals surface area (Å²) in [5, 5.41) is 23.3. The van der Waals surface area contributed by atoms with Crippen LogP contribution in [0.3, 0.4) is 0 Å². The van der Waals surface area contributed by atoms with E-state index in [1.165, 1.54) is 11.1 Å². The predicted octanol–water partition coefficient (Wildman–Crippen LogP) is 3.25. The highest BCUT2D eigenvalue weighted by Gasteiger charge is 2.36. The maximum Gasteiger partial charge on any atom is 0.408 e. The van der Waals surface area contributed by atoms with Gasteiger partial charge < -0.3 is 5.11 Å². The third-order valence-electron chi connectivity index (χ3n) is 4.37. The summed E-state index contributed by atoms with van der Waals surface area (Å²) in [7, 11) is 0. The van der Waals surface area contributed by atoms with Crippen LogP contribution in [0, 0.1) is 11.3 Å². The van der Waals surface area contributed by atoms with Crippen molar-refractivity contribution in [3.05, 3.63) is 35.5 Å². The lowest BCUT2D eigenvalue weighted by Crippen LogP contribution is -2.47. The van der Waals surface area contributed by atoms with Gasteiger partial charge in [0, 0.05) is 17.7 Å². The van der Waals surface area contributed by atoms with Crippen molar-refractivity contribution in [1.29, 1.82) is 5.26 Å². The van der Waals surface area contributed by atoms with Crippen LogP contribution >= 0.6 is 0 Å². The smallest absolute Gasteiger partial charge is 0.408 e. The van der Waals surface area contributed by atoms with Crippen LogP contribution in [-0.4, -0.2) is 41.4 Å². The number of pyridine rings is 1. The van der Waals surface area contributed by atoms with Crippen molar-refractivity contribution >= 4 is 6.09 Å². The third-order valence-corrected chi connectivity index (χ3v) is 4.37. The number of aromatic nitrogens is 4. The Morgan fingerprint density at radius 3 is 2.58 bits per heavy atom. The molecule has 0 bridgehead atoms. The van der Waals surface area contributed by atoms with Gasteiger partial charge in [-0.1, -0.05) is 0 Å². The van der Waals surface area contributed by atoms with E-state index in [4.69, 9.17) is 5.26 Å². The molecule has 1 aliphatic carbocycles. The first-order valence-electron chi connectivity index (χ1n) is 8.58. The first kappa shape index (κ1) is 17.9. The van der Waals surface area contributed by atoms with Gasteiger partial charge in [-0.2, -0.15) is 9.94 Å². The third kappa shape index (κ3) is 3.38. The molecule has 0 spiro atoms. The fourth-order valence-corrected chi connectivity index (χ4v) is 3.02. The summed E-state index contributed by atoms with van der Waals surface area (Å²) >= 11 is 0. The number of amides is 1. The molecule has 1 aliphatic rings. The largest absolute Gasteiger partial charge is 0.465 e. The molecule has 0 radical (unpaired) electrons. The second kappa shape index (κ2) is 6.41. The van der Waals surface area contributed by atoms with Gasteiger partial charge in [0.2, 0.25) is 0 Å². The lowest BCUT2D eigenvalue weighted by molar-refractivity contribution is 0.0720. The van der Waals surface area contributed by atoms with E-state index < -0.39 is 17.7 Å².